The molecule has 3 aliphatic rings. The highest BCUT2D eigenvalue weighted by Gasteiger charge is 2.52. The van der Waals surface area contributed by atoms with Crippen molar-refractivity contribution in [3.63, 3.8) is 0 Å². The predicted octanol–water partition coefficient (Wildman–Crippen LogP) is 16.6. The zero-order valence-electron chi connectivity index (χ0n) is 36.4. The molecule has 0 radical (unpaired) electrons. The largest absolute Gasteiger partial charge is 0.310 e. The van der Waals surface area contributed by atoms with Crippen molar-refractivity contribution in [1.29, 1.82) is 0 Å². The highest BCUT2D eigenvalue weighted by molar-refractivity contribution is 6.03. The molecule has 0 aromatic heterocycles. The van der Waals surface area contributed by atoms with Gasteiger partial charge in [-0.05, 0) is 134 Å². The molecule has 1 heterocycles. The summed E-state index contributed by atoms with van der Waals surface area (Å²) >= 11 is 0. The van der Waals surface area contributed by atoms with Gasteiger partial charge in [0.2, 0.25) is 0 Å². The number of anilines is 5. The molecule has 0 fully saturated rings. The second kappa shape index (κ2) is 15.4. The third kappa shape index (κ3) is 5.82. The predicted molar refractivity (Wildman–Crippen MR) is 276 cm³/mol. The number of hydrogen-bond donors (Lipinski definition) is 0. The van der Waals surface area contributed by atoms with E-state index < -0.39 is 5.41 Å². The maximum absolute atomic E-state index is 2.49. The molecule has 2 aliphatic carbocycles. The Labute approximate surface area is 386 Å². The van der Waals surface area contributed by atoms with E-state index in [2.05, 4.69) is 265 Å². The molecule has 2 heteroatoms. The van der Waals surface area contributed by atoms with Gasteiger partial charge in [-0.25, -0.2) is 0 Å². The number of fused-ring (bicyclic) bond motifs is 11. The fraction of sp³-hybridized carbons (Fsp3) is 0.0312. The standard InChI is InChI=1S/C64H44N2/c1-3-18-44(19-4-1)48-34-40-54-55-41-35-49(45-20-5-2-6-21-45)43-59(55)64(58(54)42-48)56-28-12-15-31-62(56)66(63-32-16-13-29-57(63)64)51-38-36-50(37-39-51)65(61-33-17-25-47-23-8-11-27-53(47)61)60-30-14-9-24-46-22-7-10-26-52(46)60/h1-23,25-43H,24H2. The molecule has 310 valence electrons. The van der Waals surface area contributed by atoms with Crippen LogP contribution in [-0.4, -0.2) is 0 Å². The first kappa shape index (κ1) is 38.0. The van der Waals surface area contributed by atoms with Crippen molar-refractivity contribution in [2.24, 2.45) is 0 Å². The minimum absolute atomic E-state index is 0.581. The minimum atomic E-state index is -0.581. The Morgan fingerprint density at radius 1 is 0.409 bits per heavy atom. The normalized spacial score (nSPS) is 13.8. The molecule has 0 saturated heterocycles. The Hall–Kier alpha value is -8.46. The maximum atomic E-state index is 2.49. The van der Waals surface area contributed by atoms with Gasteiger partial charge in [0.25, 0.3) is 0 Å². The van der Waals surface area contributed by atoms with Gasteiger partial charge in [0.05, 0.1) is 28.2 Å². The number of para-hydroxylation sites is 2. The number of allylic oxidation sites excluding steroid dienone is 3. The Bertz CT molecular complexity index is 3420. The lowest BCUT2D eigenvalue weighted by atomic mass is 9.64. The SMILES string of the molecule is C1=CCc2ccccc2C(N(c2ccc(N3c4ccccc4C4(c5cc(-c6ccccc6)ccc5-c5ccc(-c6ccccc6)cc54)c4ccccc43)cc2)c2cccc3ccccc23)=C1. The van der Waals surface area contributed by atoms with Gasteiger partial charge in [0.15, 0.2) is 0 Å². The molecule has 66 heavy (non-hydrogen) atoms. The van der Waals surface area contributed by atoms with Crippen LogP contribution in [0, 0.1) is 0 Å². The van der Waals surface area contributed by atoms with Gasteiger partial charge in [0, 0.05) is 22.3 Å². The first-order valence-corrected chi connectivity index (χ1v) is 23.0. The summed E-state index contributed by atoms with van der Waals surface area (Å²) in [7, 11) is 0. The van der Waals surface area contributed by atoms with Crippen LogP contribution in [-0.2, 0) is 11.8 Å². The quantitative estimate of drug-likeness (QED) is 0.165. The van der Waals surface area contributed by atoms with E-state index in [1.165, 1.54) is 88.9 Å². The Morgan fingerprint density at radius 2 is 0.970 bits per heavy atom. The molecule has 0 amide bonds. The van der Waals surface area contributed by atoms with Crippen molar-refractivity contribution < 1.29 is 0 Å². The van der Waals surface area contributed by atoms with Crippen LogP contribution < -0.4 is 9.80 Å². The van der Waals surface area contributed by atoms with Gasteiger partial charge in [0.1, 0.15) is 0 Å². The van der Waals surface area contributed by atoms with Crippen LogP contribution in [0.25, 0.3) is 49.9 Å². The van der Waals surface area contributed by atoms with Gasteiger partial charge >= 0.3 is 0 Å². The van der Waals surface area contributed by atoms with Crippen LogP contribution >= 0.6 is 0 Å². The van der Waals surface area contributed by atoms with Crippen molar-refractivity contribution in [3.8, 4) is 33.4 Å². The summed E-state index contributed by atoms with van der Waals surface area (Å²) in [5, 5.41) is 2.43. The van der Waals surface area contributed by atoms with Crippen molar-refractivity contribution in [1.82, 2.24) is 0 Å². The molecule has 10 aromatic carbocycles. The lowest BCUT2D eigenvalue weighted by Crippen LogP contribution is -2.36. The van der Waals surface area contributed by atoms with Crippen LogP contribution in [0.1, 0.15) is 33.4 Å². The smallest absolute Gasteiger partial charge is 0.0754 e. The Morgan fingerprint density at radius 3 is 1.64 bits per heavy atom. The summed E-state index contributed by atoms with van der Waals surface area (Å²) in [6.45, 7) is 0. The number of nitrogens with zero attached hydrogens (tertiary/aromatic N) is 2. The van der Waals surface area contributed by atoms with E-state index in [9.17, 15) is 0 Å². The third-order valence-corrected chi connectivity index (χ3v) is 14.1. The highest BCUT2D eigenvalue weighted by Crippen LogP contribution is 2.64. The van der Waals surface area contributed by atoms with E-state index in [1.807, 2.05) is 0 Å². The van der Waals surface area contributed by atoms with Gasteiger partial charge in [-0.2, -0.15) is 0 Å². The van der Waals surface area contributed by atoms with Crippen molar-refractivity contribution in [3.05, 3.63) is 288 Å². The summed E-state index contributed by atoms with van der Waals surface area (Å²) in [5.74, 6) is 0. The second-order valence-corrected chi connectivity index (χ2v) is 17.6. The maximum Gasteiger partial charge on any atom is 0.0754 e. The minimum Gasteiger partial charge on any atom is -0.310 e. The molecular formula is C64H44N2. The van der Waals surface area contributed by atoms with E-state index in [0.717, 1.165) is 29.2 Å². The molecule has 0 bridgehead atoms. The van der Waals surface area contributed by atoms with Crippen LogP contribution in [0.5, 0.6) is 0 Å². The molecule has 1 spiro atoms. The molecule has 2 nitrogen and oxygen atoms in total. The van der Waals surface area contributed by atoms with Crippen LogP contribution in [0.2, 0.25) is 0 Å². The monoisotopic (exact) mass is 840 g/mol. The lowest BCUT2D eigenvalue weighted by molar-refractivity contribution is 0.753. The third-order valence-electron chi connectivity index (χ3n) is 14.1. The summed E-state index contributed by atoms with van der Waals surface area (Å²) in [5.41, 5.74) is 21.4. The second-order valence-electron chi connectivity index (χ2n) is 17.6. The molecule has 10 aromatic rings. The van der Waals surface area contributed by atoms with Crippen LogP contribution in [0.15, 0.2) is 255 Å². The number of rotatable bonds is 6. The van der Waals surface area contributed by atoms with Crippen molar-refractivity contribution in [2.45, 2.75) is 11.8 Å². The Balaban J connectivity index is 1.01. The zero-order valence-corrected chi connectivity index (χ0v) is 36.4. The molecular weight excluding hydrogens is 797 g/mol. The van der Waals surface area contributed by atoms with Crippen LogP contribution in [0.4, 0.5) is 28.4 Å². The van der Waals surface area contributed by atoms with E-state index >= 15 is 0 Å². The van der Waals surface area contributed by atoms with Crippen LogP contribution in [0.3, 0.4) is 0 Å². The first-order valence-electron chi connectivity index (χ1n) is 23.0. The fourth-order valence-electron chi connectivity index (χ4n) is 11.2. The molecule has 0 unspecified atom stereocenters. The summed E-state index contributed by atoms with van der Waals surface area (Å²) in [6, 6.07) is 87.6. The molecule has 0 saturated carbocycles. The molecule has 0 atom stereocenters. The van der Waals surface area contributed by atoms with E-state index in [1.54, 1.807) is 0 Å². The average molecular weight is 841 g/mol. The highest BCUT2D eigenvalue weighted by atomic mass is 15.2. The van der Waals surface area contributed by atoms with Crippen molar-refractivity contribution >= 4 is 44.9 Å². The van der Waals surface area contributed by atoms with E-state index in [-0.39, 0.29) is 0 Å². The van der Waals surface area contributed by atoms with Gasteiger partial charge < -0.3 is 9.80 Å². The summed E-state index contributed by atoms with van der Waals surface area (Å²) < 4.78 is 0. The van der Waals surface area contributed by atoms with E-state index in [0.29, 0.717) is 0 Å². The average Bonchev–Trinajstić information content (AvgIpc) is 3.50. The van der Waals surface area contributed by atoms with E-state index in [4.69, 9.17) is 0 Å². The van der Waals surface area contributed by atoms with Gasteiger partial charge in [-0.15, -0.1) is 0 Å². The van der Waals surface area contributed by atoms with Crippen molar-refractivity contribution in [2.75, 3.05) is 9.80 Å². The Kier molecular flexibility index (Phi) is 8.86. The topological polar surface area (TPSA) is 6.48 Å². The van der Waals surface area contributed by atoms with Gasteiger partial charge in [-0.1, -0.05) is 194 Å². The lowest BCUT2D eigenvalue weighted by Gasteiger charge is -2.45. The molecule has 1 aliphatic heterocycles. The number of benzene rings is 10. The summed E-state index contributed by atoms with van der Waals surface area (Å²) in [4.78, 5) is 4.94. The molecule has 13 rings (SSSR count). The fourth-order valence-corrected chi connectivity index (χ4v) is 11.2. The van der Waals surface area contributed by atoms with Gasteiger partial charge in [-0.3, -0.25) is 0 Å². The summed E-state index contributed by atoms with van der Waals surface area (Å²) in [6.07, 6.45) is 7.65. The molecule has 0 N–H and O–H groups in total. The zero-order chi connectivity index (χ0) is 43.6. The first-order chi connectivity index (χ1) is 32.8. The number of hydrogen-bond acceptors (Lipinski definition) is 2.